The number of benzene rings is 2. The number of anilines is 1. The first-order valence-electron chi connectivity index (χ1n) is 14.0. The van der Waals surface area contributed by atoms with Crippen molar-refractivity contribution in [3.8, 4) is 11.3 Å². The van der Waals surface area contributed by atoms with Crippen molar-refractivity contribution in [2.75, 3.05) is 4.90 Å². The Morgan fingerprint density at radius 3 is 2.24 bits per heavy atom. The Morgan fingerprint density at radius 1 is 1.00 bits per heavy atom. The molecule has 0 radical (unpaired) electrons. The summed E-state index contributed by atoms with van der Waals surface area (Å²) in [6.07, 6.45) is 4.29. The monoisotopic (exact) mass is 600 g/mol. The fraction of sp³-hybridized carbons (Fsp3) is 0.452. The Hall–Kier alpha value is -3.10. The fourth-order valence-corrected chi connectivity index (χ4v) is 6.60. The third-order valence-electron chi connectivity index (χ3n) is 7.89. The van der Waals surface area contributed by atoms with Gasteiger partial charge in [0.05, 0.1) is 21.3 Å². The van der Waals surface area contributed by atoms with Gasteiger partial charge < -0.3 is 18.9 Å². The number of nitrogens with zero attached hydrogens (tertiary/aromatic N) is 2. The maximum atomic E-state index is 15.3. The summed E-state index contributed by atoms with van der Waals surface area (Å²) in [6, 6.07) is 9.59. The second kappa shape index (κ2) is 10.6. The average molecular weight is 602 g/mol. The summed E-state index contributed by atoms with van der Waals surface area (Å²) in [6.45, 7) is 5.31. The molecule has 0 unspecified atom stereocenters. The number of fused-ring (bicyclic) bond motifs is 2. The van der Waals surface area contributed by atoms with E-state index in [1.54, 1.807) is 51.1 Å². The molecule has 3 aliphatic rings. The van der Waals surface area contributed by atoms with E-state index in [4.69, 9.17) is 37.2 Å². The molecular weight excluding hydrogens is 570 g/mol. The highest BCUT2D eigenvalue weighted by Gasteiger charge is 2.44. The van der Waals surface area contributed by atoms with Gasteiger partial charge in [0, 0.05) is 36.4 Å². The molecule has 2 aromatic carbocycles. The molecular formula is C31H31Cl2FN2O5. The van der Waals surface area contributed by atoms with Crippen molar-refractivity contribution in [2.45, 2.75) is 89.0 Å². The molecule has 41 heavy (non-hydrogen) atoms. The van der Waals surface area contributed by atoms with Crippen LogP contribution in [0.2, 0.25) is 10.0 Å². The Labute approximate surface area is 247 Å². The summed E-state index contributed by atoms with van der Waals surface area (Å²) < 4.78 is 32.4. The van der Waals surface area contributed by atoms with Crippen LogP contribution in [-0.4, -0.2) is 40.9 Å². The summed E-state index contributed by atoms with van der Waals surface area (Å²) in [7, 11) is 0. The lowest BCUT2D eigenvalue weighted by atomic mass is 9.98. The lowest BCUT2D eigenvalue weighted by molar-refractivity contribution is 0.00683. The number of ether oxygens (including phenoxy) is 2. The average Bonchev–Trinajstić information content (AvgIpc) is 3.59. The van der Waals surface area contributed by atoms with E-state index in [-0.39, 0.29) is 35.2 Å². The van der Waals surface area contributed by atoms with Gasteiger partial charge in [0.25, 0.3) is 0 Å². The van der Waals surface area contributed by atoms with Crippen LogP contribution in [0.5, 0.6) is 0 Å². The maximum Gasteiger partial charge on any atom is 0.344 e. The van der Waals surface area contributed by atoms with Crippen molar-refractivity contribution in [3.05, 3.63) is 69.1 Å². The van der Waals surface area contributed by atoms with E-state index in [1.807, 2.05) is 0 Å². The van der Waals surface area contributed by atoms with Crippen LogP contribution in [0.25, 0.3) is 11.3 Å². The number of piperidine rings is 1. The van der Waals surface area contributed by atoms with Crippen LogP contribution in [0, 0.1) is 5.82 Å². The van der Waals surface area contributed by atoms with Crippen LogP contribution in [-0.2, 0) is 9.47 Å². The number of carbonyl (C=O) groups excluding carboxylic acids is 2. The first kappa shape index (κ1) is 28.0. The van der Waals surface area contributed by atoms with E-state index < -0.39 is 23.4 Å². The van der Waals surface area contributed by atoms with E-state index in [2.05, 4.69) is 10.1 Å². The number of hydrogen-bond acceptors (Lipinski definition) is 7. The fourth-order valence-electron chi connectivity index (χ4n) is 6.03. The van der Waals surface area contributed by atoms with E-state index >= 15 is 4.39 Å². The predicted molar refractivity (Wildman–Crippen MR) is 153 cm³/mol. The molecule has 10 heteroatoms. The molecule has 3 atom stereocenters. The standard InChI is InChI=1S/C31H31Cl2FN2O5/c1-31(2,3)40-29(37)17-9-12-24(23(34)13-17)36-18-10-11-19(36)15-20(14-18)39-30(38)26-27(35-41-28(26)16-7-8-16)25-21(32)5-4-6-22(25)33/h4-6,9,12-13,16,18-20H,7-8,10-11,14-15H2,1-3H3/t18-,19+,20+. The van der Waals surface area contributed by atoms with Crippen LogP contribution in [0.4, 0.5) is 10.1 Å². The van der Waals surface area contributed by atoms with E-state index in [9.17, 15) is 9.59 Å². The van der Waals surface area contributed by atoms with Crippen LogP contribution in [0.3, 0.4) is 0 Å². The van der Waals surface area contributed by atoms with Crippen LogP contribution in [0.15, 0.2) is 40.9 Å². The van der Waals surface area contributed by atoms with Gasteiger partial charge in [0.2, 0.25) is 0 Å². The summed E-state index contributed by atoms with van der Waals surface area (Å²) >= 11 is 12.9. The number of esters is 2. The van der Waals surface area contributed by atoms with Crippen LogP contribution >= 0.6 is 23.2 Å². The Bertz CT molecular complexity index is 1480. The predicted octanol–water partition coefficient (Wildman–Crippen LogP) is 7.98. The van der Waals surface area contributed by atoms with Crippen molar-refractivity contribution in [1.29, 1.82) is 0 Å². The number of aromatic nitrogens is 1. The summed E-state index contributed by atoms with van der Waals surface area (Å²) in [5.41, 5.74) is 0.962. The molecule has 1 aromatic heterocycles. The smallest absolute Gasteiger partial charge is 0.344 e. The van der Waals surface area contributed by atoms with Gasteiger partial charge in [-0.2, -0.15) is 0 Å². The van der Waals surface area contributed by atoms with Gasteiger partial charge in [-0.25, -0.2) is 14.0 Å². The lowest BCUT2D eigenvalue weighted by Crippen LogP contribution is -2.46. The van der Waals surface area contributed by atoms with Crippen LogP contribution in [0.1, 0.15) is 91.7 Å². The molecule has 7 nitrogen and oxygen atoms in total. The second-order valence-electron chi connectivity index (χ2n) is 12.1. The molecule has 3 aromatic rings. The minimum absolute atomic E-state index is 0.00344. The summed E-state index contributed by atoms with van der Waals surface area (Å²) in [5.74, 6) is -0.919. The molecule has 1 saturated carbocycles. The largest absolute Gasteiger partial charge is 0.458 e. The van der Waals surface area contributed by atoms with Crippen LogP contribution < -0.4 is 4.90 Å². The van der Waals surface area contributed by atoms with E-state index in [1.165, 1.54) is 6.07 Å². The topological polar surface area (TPSA) is 81.9 Å². The number of halogens is 3. The molecule has 6 rings (SSSR count). The van der Waals surface area contributed by atoms with Gasteiger partial charge >= 0.3 is 11.9 Å². The van der Waals surface area contributed by atoms with E-state index in [0.29, 0.717) is 45.6 Å². The molecule has 2 aliphatic heterocycles. The summed E-state index contributed by atoms with van der Waals surface area (Å²) in [5, 5.41) is 4.94. The maximum absolute atomic E-state index is 15.3. The van der Waals surface area contributed by atoms with Crippen molar-refractivity contribution < 1.29 is 28.0 Å². The molecule has 0 amide bonds. The lowest BCUT2D eigenvalue weighted by Gasteiger charge is -2.40. The highest BCUT2D eigenvalue weighted by atomic mass is 35.5. The molecule has 0 spiro atoms. The molecule has 216 valence electrons. The first-order chi connectivity index (χ1) is 19.5. The molecule has 2 saturated heterocycles. The minimum atomic E-state index is -0.670. The zero-order chi connectivity index (χ0) is 29.1. The van der Waals surface area contributed by atoms with Crippen molar-refractivity contribution in [2.24, 2.45) is 0 Å². The van der Waals surface area contributed by atoms with E-state index in [0.717, 1.165) is 25.7 Å². The molecule has 1 aliphatic carbocycles. The van der Waals surface area contributed by atoms with Crippen molar-refractivity contribution in [3.63, 3.8) is 0 Å². The quantitative estimate of drug-likeness (QED) is 0.265. The van der Waals surface area contributed by atoms with Gasteiger partial charge in [-0.15, -0.1) is 0 Å². The Balaban J connectivity index is 1.20. The normalized spacial score (nSPS) is 22.1. The first-order valence-corrected chi connectivity index (χ1v) is 14.7. The Morgan fingerprint density at radius 2 is 1.66 bits per heavy atom. The third kappa shape index (κ3) is 5.56. The highest BCUT2D eigenvalue weighted by molar-refractivity contribution is 6.39. The van der Waals surface area contributed by atoms with Gasteiger partial charge in [0.15, 0.2) is 5.76 Å². The van der Waals surface area contributed by atoms with Gasteiger partial charge in [-0.1, -0.05) is 34.4 Å². The number of hydrogen-bond donors (Lipinski definition) is 0. The molecule has 2 bridgehead atoms. The summed E-state index contributed by atoms with van der Waals surface area (Å²) in [4.78, 5) is 28.2. The molecule has 0 N–H and O–H groups in total. The van der Waals surface area contributed by atoms with Gasteiger partial charge in [-0.05, 0) is 76.8 Å². The number of rotatable bonds is 6. The minimum Gasteiger partial charge on any atom is -0.458 e. The Kier molecular flexibility index (Phi) is 7.27. The van der Waals surface area contributed by atoms with Crippen molar-refractivity contribution >= 4 is 40.8 Å². The van der Waals surface area contributed by atoms with Crippen molar-refractivity contribution in [1.82, 2.24) is 5.16 Å². The second-order valence-corrected chi connectivity index (χ2v) is 12.9. The highest BCUT2D eigenvalue weighted by Crippen LogP contribution is 2.47. The number of carbonyl (C=O) groups is 2. The zero-order valence-corrected chi connectivity index (χ0v) is 24.6. The molecule has 3 fully saturated rings. The SMILES string of the molecule is CC(C)(C)OC(=O)c1ccc(N2[C@@H]3CC[C@H]2C[C@@H](OC(=O)c2c(-c4c(Cl)cccc4Cl)noc2C2CC2)C3)c(F)c1. The van der Waals surface area contributed by atoms with Gasteiger partial charge in [-0.3, -0.25) is 0 Å². The molecule has 3 heterocycles. The van der Waals surface area contributed by atoms with Gasteiger partial charge in [0.1, 0.15) is 28.8 Å². The zero-order valence-electron chi connectivity index (χ0n) is 23.1. The third-order valence-corrected chi connectivity index (χ3v) is 8.52.